The number of alkyl halides is 3. The summed E-state index contributed by atoms with van der Waals surface area (Å²) in [4.78, 5) is 26.9. The Morgan fingerprint density at radius 2 is 1.65 bits per heavy atom. The van der Waals surface area contributed by atoms with Crippen molar-refractivity contribution < 1.29 is 32.4 Å². The van der Waals surface area contributed by atoms with Gasteiger partial charge in [-0.2, -0.15) is 13.2 Å². The first-order chi connectivity index (χ1) is 14.7. The van der Waals surface area contributed by atoms with Crippen molar-refractivity contribution in [2.75, 3.05) is 45.3 Å². The van der Waals surface area contributed by atoms with E-state index in [1.54, 1.807) is 11.0 Å². The Morgan fingerprint density at radius 3 is 2.19 bits per heavy atom. The van der Waals surface area contributed by atoms with Gasteiger partial charge in [-0.3, -0.25) is 14.9 Å². The number of benzene rings is 2. The van der Waals surface area contributed by atoms with E-state index < -0.39 is 28.3 Å². The number of anilines is 1. The molecule has 0 aliphatic carbocycles. The van der Waals surface area contributed by atoms with Gasteiger partial charge in [0.25, 0.3) is 11.6 Å². The topological polar surface area (TPSA) is 85.2 Å². The Hall–Kier alpha value is -3.50. The third-order valence-corrected chi connectivity index (χ3v) is 5.03. The van der Waals surface area contributed by atoms with Crippen LogP contribution in [-0.4, -0.2) is 56.1 Å². The lowest BCUT2D eigenvalue weighted by atomic mass is 10.1. The number of amides is 1. The van der Waals surface area contributed by atoms with Gasteiger partial charge < -0.3 is 19.3 Å². The number of nitro groups is 1. The van der Waals surface area contributed by atoms with E-state index in [1.807, 2.05) is 0 Å². The summed E-state index contributed by atoms with van der Waals surface area (Å²) in [6.45, 7) is 0.962. The number of nitrogens with zero attached hydrogens (tertiary/aromatic N) is 3. The van der Waals surface area contributed by atoms with Crippen LogP contribution in [0, 0.1) is 10.1 Å². The lowest BCUT2D eigenvalue weighted by Gasteiger charge is -2.36. The summed E-state index contributed by atoms with van der Waals surface area (Å²) in [7, 11) is 2.68. The summed E-state index contributed by atoms with van der Waals surface area (Å²) in [6.07, 6.45) is -4.44. The molecule has 2 aromatic rings. The Morgan fingerprint density at radius 1 is 1.03 bits per heavy atom. The number of nitro benzene ring substituents is 1. The average Bonchev–Trinajstić information content (AvgIpc) is 2.77. The smallest absolute Gasteiger partial charge is 0.416 e. The minimum Gasteiger partial charge on any atom is -0.493 e. The lowest BCUT2D eigenvalue weighted by Crippen LogP contribution is -2.49. The molecule has 11 heteroatoms. The van der Waals surface area contributed by atoms with Gasteiger partial charge in [0.2, 0.25) is 0 Å². The number of rotatable bonds is 5. The molecule has 1 amide bonds. The van der Waals surface area contributed by atoms with E-state index in [2.05, 4.69) is 0 Å². The van der Waals surface area contributed by atoms with Crippen LogP contribution in [0.15, 0.2) is 36.4 Å². The maximum Gasteiger partial charge on any atom is 0.416 e. The van der Waals surface area contributed by atoms with Gasteiger partial charge in [-0.05, 0) is 18.2 Å². The van der Waals surface area contributed by atoms with Crippen molar-refractivity contribution in [2.45, 2.75) is 6.18 Å². The number of ether oxygens (including phenoxy) is 2. The predicted molar refractivity (Wildman–Crippen MR) is 106 cm³/mol. The highest BCUT2D eigenvalue weighted by atomic mass is 19.4. The Bertz CT molecular complexity index is 989. The normalized spacial score (nSPS) is 14.4. The van der Waals surface area contributed by atoms with Gasteiger partial charge in [0.1, 0.15) is 5.56 Å². The van der Waals surface area contributed by atoms with Crippen LogP contribution in [0.5, 0.6) is 11.5 Å². The van der Waals surface area contributed by atoms with E-state index in [0.29, 0.717) is 5.69 Å². The van der Waals surface area contributed by atoms with Crippen molar-refractivity contribution in [1.29, 1.82) is 0 Å². The van der Waals surface area contributed by atoms with E-state index >= 15 is 0 Å². The first-order valence-corrected chi connectivity index (χ1v) is 9.27. The van der Waals surface area contributed by atoms with E-state index in [4.69, 9.17) is 9.47 Å². The zero-order valence-electron chi connectivity index (χ0n) is 16.8. The van der Waals surface area contributed by atoms with Gasteiger partial charge >= 0.3 is 6.18 Å². The average molecular weight is 439 g/mol. The van der Waals surface area contributed by atoms with Gasteiger partial charge in [0.15, 0.2) is 11.5 Å². The molecule has 8 nitrogen and oxygen atoms in total. The van der Waals surface area contributed by atoms with Crippen LogP contribution in [0.3, 0.4) is 0 Å². The second kappa shape index (κ2) is 8.70. The predicted octanol–water partition coefficient (Wildman–Crippen LogP) is 3.59. The van der Waals surface area contributed by atoms with Crippen molar-refractivity contribution in [3.05, 3.63) is 57.6 Å². The van der Waals surface area contributed by atoms with Crippen LogP contribution in [-0.2, 0) is 6.18 Å². The van der Waals surface area contributed by atoms with E-state index in [-0.39, 0.29) is 43.2 Å². The quantitative estimate of drug-likeness (QED) is 0.523. The van der Waals surface area contributed by atoms with Gasteiger partial charge in [-0.1, -0.05) is 6.07 Å². The van der Waals surface area contributed by atoms with E-state index in [0.717, 1.165) is 18.2 Å². The maximum absolute atomic E-state index is 13.0. The van der Waals surface area contributed by atoms with Crippen LogP contribution in [0.25, 0.3) is 0 Å². The summed E-state index contributed by atoms with van der Waals surface area (Å²) in [6, 6.07) is 7.37. The van der Waals surface area contributed by atoms with Gasteiger partial charge in [-0.25, -0.2) is 0 Å². The number of carbonyl (C=O) groups excluding carboxylic acids is 1. The summed E-state index contributed by atoms with van der Waals surface area (Å²) < 4.78 is 49.1. The van der Waals surface area contributed by atoms with Crippen molar-refractivity contribution in [2.24, 2.45) is 0 Å². The molecule has 1 aliphatic rings. The molecular weight excluding hydrogens is 419 g/mol. The Labute approximate surface area is 175 Å². The molecule has 166 valence electrons. The van der Waals surface area contributed by atoms with Crippen LogP contribution in [0.1, 0.15) is 15.9 Å². The number of methoxy groups -OCH3 is 2. The van der Waals surface area contributed by atoms with Crippen LogP contribution in [0.2, 0.25) is 0 Å². The number of hydrogen-bond acceptors (Lipinski definition) is 6. The number of hydrogen-bond donors (Lipinski definition) is 0. The second-order valence-electron chi connectivity index (χ2n) is 6.81. The molecular formula is C20H20F3N3O5. The molecule has 1 heterocycles. The molecule has 0 N–H and O–H groups in total. The van der Waals surface area contributed by atoms with Gasteiger partial charge in [-0.15, -0.1) is 0 Å². The highest BCUT2D eigenvalue weighted by Gasteiger charge is 2.32. The molecule has 0 unspecified atom stereocenters. The summed E-state index contributed by atoms with van der Waals surface area (Å²) in [5.74, 6) is -0.254. The zero-order valence-corrected chi connectivity index (χ0v) is 16.8. The summed E-state index contributed by atoms with van der Waals surface area (Å²) in [5.41, 5.74) is -0.901. The van der Waals surface area contributed by atoms with Crippen molar-refractivity contribution in [1.82, 2.24) is 4.90 Å². The SMILES string of the molecule is COc1cc(C(=O)N2CCN(c3cccc(C(F)(F)F)c3)CC2)c([N+](=O)[O-])cc1OC. The van der Waals surface area contributed by atoms with Crippen LogP contribution >= 0.6 is 0 Å². The molecule has 1 fully saturated rings. The minimum absolute atomic E-state index is 0.125. The molecule has 0 radical (unpaired) electrons. The minimum atomic E-state index is -4.44. The Balaban J connectivity index is 1.79. The van der Waals surface area contributed by atoms with Crippen LogP contribution in [0.4, 0.5) is 24.5 Å². The molecule has 31 heavy (non-hydrogen) atoms. The van der Waals surface area contributed by atoms with Crippen molar-refractivity contribution in [3.63, 3.8) is 0 Å². The molecule has 0 aromatic heterocycles. The molecule has 0 atom stereocenters. The molecule has 1 saturated heterocycles. The number of carbonyl (C=O) groups is 1. The lowest BCUT2D eigenvalue weighted by molar-refractivity contribution is -0.385. The second-order valence-corrected chi connectivity index (χ2v) is 6.81. The fraction of sp³-hybridized carbons (Fsp3) is 0.350. The largest absolute Gasteiger partial charge is 0.493 e. The number of halogens is 3. The molecule has 1 aliphatic heterocycles. The standard InChI is InChI=1S/C20H20F3N3O5/c1-30-17-11-15(16(26(28)29)12-18(17)31-2)19(27)25-8-6-24(7-9-25)14-5-3-4-13(10-14)20(21,22)23/h3-5,10-12H,6-9H2,1-2H3. The monoisotopic (exact) mass is 439 g/mol. The fourth-order valence-electron chi connectivity index (χ4n) is 3.41. The zero-order chi connectivity index (χ0) is 22.8. The fourth-order valence-corrected chi connectivity index (χ4v) is 3.41. The summed E-state index contributed by atoms with van der Waals surface area (Å²) in [5, 5.41) is 11.5. The third-order valence-electron chi connectivity index (χ3n) is 5.03. The molecule has 2 aromatic carbocycles. The Kier molecular flexibility index (Phi) is 6.23. The van der Waals surface area contributed by atoms with E-state index in [1.165, 1.54) is 31.3 Å². The van der Waals surface area contributed by atoms with E-state index in [9.17, 15) is 28.1 Å². The van der Waals surface area contributed by atoms with Crippen molar-refractivity contribution >= 4 is 17.3 Å². The molecule has 0 bridgehead atoms. The first kappa shape index (κ1) is 22.2. The highest BCUT2D eigenvalue weighted by molar-refractivity contribution is 5.99. The first-order valence-electron chi connectivity index (χ1n) is 9.27. The maximum atomic E-state index is 13.0. The van der Waals surface area contributed by atoms with Gasteiger partial charge in [0.05, 0.1) is 30.8 Å². The molecule has 0 saturated carbocycles. The molecule has 0 spiro atoms. The van der Waals surface area contributed by atoms with Crippen molar-refractivity contribution in [3.8, 4) is 11.5 Å². The number of piperazine rings is 1. The molecule has 3 rings (SSSR count). The van der Waals surface area contributed by atoms with Crippen LogP contribution < -0.4 is 14.4 Å². The van der Waals surface area contributed by atoms with Gasteiger partial charge in [0, 0.05) is 37.9 Å². The third kappa shape index (κ3) is 4.65. The highest BCUT2D eigenvalue weighted by Crippen LogP contribution is 2.35. The summed E-state index contributed by atoms with van der Waals surface area (Å²) >= 11 is 0.